The number of imidazole rings is 1. The quantitative estimate of drug-likeness (QED) is 0.303. The molecule has 0 aliphatic rings. The van der Waals surface area contributed by atoms with Gasteiger partial charge in [0.15, 0.2) is 0 Å². The van der Waals surface area contributed by atoms with Crippen molar-refractivity contribution in [3.8, 4) is 0 Å². The molecule has 1 N–H and O–H groups in total. The summed E-state index contributed by atoms with van der Waals surface area (Å²) in [5, 5.41) is 8.81. The van der Waals surface area contributed by atoms with Gasteiger partial charge in [-0.25, -0.2) is 4.98 Å². The van der Waals surface area contributed by atoms with Crippen molar-refractivity contribution in [1.29, 1.82) is 0 Å². The van der Waals surface area contributed by atoms with Crippen molar-refractivity contribution in [1.82, 2.24) is 24.2 Å². The Morgan fingerprint density at radius 2 is 1.80 bits per heavy atom. The second kappa shape index (κ2) is 10.0. The van der Waals surface area contributed by atoms with E-state index in [2.05, 4.69) is 46.8 Å². The molecule has 7 nitrogen and oxygen atoms in total. The van der Waals surface area contributed by atoms with Crippen LogP contribution in [0.15, 0.2) is 60.7 Å². The van der Waals surface area contributed by atoms with Crippen LogP contribution in [0.2, 0.25) is 0 Å². The van der Waals surface area contributed by atoms with E-state index < -0.39 is 0 Å². The van der Waals surface area contributed by atoms with E-state index in [9.17, 15) is 4.79 Å². The van der Waals surface area contributed by atoms with Crippen molar-refractivity contribution in [2.24, 2.45) is 0 Å². The van der Waals surface area contributed by atoms with Crippen LogP contribution in [0.5, 0.6) is 0 Å². The van der Waals surface area contributed by atoms with E-state index in [0.717, 1.165) is 53.1 Å². The fourth-order valence-corrected chi connectivity index (χ4v) is 5.49. The predicted octanol–water partition coefficient (Wildman–Crippen LogP) is 5.40. The van der Waals surface area contributed by atoms with E-state index in [-0.39, 0.29) is 5.91 Å². The van der Waals surface area contributed by atoms with Gasteiger partial charge in [0.2, 0.25) is 5.95 Å². The monoisotopic (exact) mass is 486 g/mol. The molecule has 0 saturated heterocycles. The van der Waals surface area contributed by atoms with Crippen molar-refractivity contribution in [2.75, 3.05) is 25.0 Å². The van der Waals surface area contributed by atoms with Gasteiger partial charge >= 0.3 is 0 Å². The summed E-state index contributed by atoms with van der Waals surface area (Å²) < 4.78 is 4.10. The van der Waals surface area contributed by atoms with E-state index in [4.69, 9.17) is 10.1 Å². The number of fused-ring (bicyclic) bond motifs is 2. The number of rotatable bonds is 9. The summed E-state index contributed by atoms with van der Waals surface area (Å²) in [4.78, 5) is 22.1. The number of aromatic nitrogens is 4. The molecule has 0 bridgehead atoms. The lowest BCUT2D eigenvalue weighted by Crippen LogP contribution is -2.27. The van der Waals surface area contributed by atoms with E-state index in [1.165, 1.54) is 16.9 Å². The second-order valence-electron chi connectivity index (χ2n) is 8.61. The largest absolute Gasteiger partial charge is 0.309 e. The molecule has 0 aliphatic heterocycles. The van der Waals surface area contributed by atoms with Crippen LogP contribution in [0.1, 0.15) is 34.8 Å². The Morgan fingerprint density at radius 3 is 2.57 bits per heavy atom. The van der Waals surface area contributed by atoms with Crippen molar-refractivity contribution >= 4 is 44.4 Å². The number of likely N-dealkylation sites (N-methyl/N-ethyl adjacent to an activating group) is 1. The summed E-state index contributed by atoms with van der Waals surface area (Å²) >= 11 is 1.47. The Kier molecular flexibility index (Phi) is 6.66. The molecule has 3 heterocycles. The molecule has 8 heteroatoms. The molecule has 1 amide bonds. The molecular weight excluding hydrogens is 456 g/mol. The van der Waals surface area contributed by atoms with Crippen LogP contribution in [-0.4, -0.2) is 49.8 Å². The number of hydrogen-bond acceptors (Lipinski definition) is 5. The van der Waals surface area contributed by atoms with Gasteiger partial charge in [-0.05, 0) is 43.8 Å². The Morgan fingerprint density at radius 1 is 1.06 bits per heavy atom. The molecule has 0 aliphatic carbocycles. The molecule has 180 valence electrons. The van der Waals surface area contributed by atoms with Crippen LogP contribution in [0.3, 0.4) is 0 Å². The lowest BCUT2D eigenvalue weighted by Gasteiger charge is -2.19. The SMILES string of the molecule is CCN(CC)CCn1c(NC(=O)c2cc3c(C)nn(Cc4ccccc4)c3s2)nc2ccccc21. The predicted molar refractivity (Wildman–Crippen MR) is 143 cm³/mol. The molecule has 0 unspecified atom stereocenters. The number of amides is 1. The van der Waals surface area contributed by atoms with Crippen LogP contribution < -0.4 is 5.32 Å². The van der Waals surface area contributed by atoms with Crippen LogP contribution in [0.4, 0.5) is 5.95 Å². The van der Waals surface area contributed by atoms with Gasteiger partial charge < -0.3 is 9.47 Å². The van der Waals surface area contributed by atoms with Gasteiger partial charge in [0.1, 0.15) is 4.83 Å². The Bertz CT molecular complexity index is 1460. The zero-order chi connectivity index (χ0) is 24.4. The summed E-state index contributed by atoms with van der Waals surface area (Å²) in [5.41, 5.74) is 4.02. The maximum atomic E-state index is 13.3. The third-order valence-electron chi connectivity index (χ3n) is 6.42. The number of nitrogens with zero attached hydrogens (tertiary/aromatic N) is 5. The van der Waals surface area contributed by atoms with Crippen LogP contribution >= 0.6 is 11.3 Å². The molecule has 0 atom stereocenters. The molecule has 0 saturated carbocycles. The van der Waals surface area contributed by atoms with Gasteiger partial charge in [-0.1, -0.05) is 56.3 Å². The molecule has 35 heavy (non-hydrogen) atoms. The number of aryl methyl sites for hydroxylation is 1. The number of thiophene rings is 1. The van der Waals surface area contributed by atoms with Crippen molar-refractivity contribution in [2.45, 2.75) is 33.9 Å². The van der Waals surface area contributed by atoms with Gasteiger partial charge in [0, 0.05) is 18.5 Å². The first-order valence-corrected chi connectivity index (χ1v) is 12.9. The van der Waals surface area contributed by atoms with Crippen molar-refractivity contribution < 1.29 is 4.79 Å². The summed E-state index contributed by atoms with van der Waals surface area (Å²) in [5.74, 6) is 0.444. The fraction of sp³-hybridized carbons (Fsp3) is 0.296. The molecule has 5 rings (SSSR count). The summed E-state index contributed by atoms with van der Waals surface area (Å²) in [6, 6.07) is 20.2. The number of hydrogen-bond donors (Lipinski definition) is 1. The fourth-order valence-electron chi connectivity index (χ4n) is 4.43. The lowest BCUT2D eigenvalue weighted by molar-refractivity contribution is 0.102. The average molecular weight is 487 g/mol. The molecule has 0 fully saturated rings. The average Bonchev–Trinajstić information content (AvgIpc) is 3.54. The highest BCUT2D eigenvalue weighted by molar-refractivity contribution is 7.20. The van der Waals surface area contributed by atoms with Gasteiger partial charge in [0.05, 0.1) is 28.1 Å². The Labute approximate surface area is 209 Å². The molecule has 5 aromatic rings. The maximum absolute atomic E-state index is 13.3. The highest BCUT2D eigenvalue weighted by atomic mass is 32.1. The normalized spacial score (nSPS) is 11.7. The molecule has 3 aromatic heterocycles. The first-order chi connectivity index (χ1) is 17.1. The Balaban J connectivity index is 1.42. The zero-order valence-electron chi connectivity index (χ0n) is 20.4. The smallest absolute Gasteiger partial charge is 0.268 e. The molecule has 2 aromatic carbocycles. The number of nitrogens with one attached hydrogen (secondary N) is 1. The first-order valence-electron chi connectivity index (χ1n) is 12.1. The minimum absolute atomic E-state index is 0.142. The number of carbonyl (C=O) groups is 1. The summed E-state index contributed by atoms with van der Waals surface area (Å²) in [7, 11) is 0. The highest BCUT2D eigenvalue weighted by Gasteiger charge is 2.19. The van der Waals surface area contributed by atoms with Gasteiger partial charge in [-0.15, -0.1) is 11.3 Å². The molecule has 0 spiro atoms. The number of para-hydroxylation sites is 2. The minimum atomic E-state index is -0.142. The van der Waals surface area contributed by atoms with E-state index in [0.29, 0.717) is 17.4 Å². The standard InChI is InChI=1S/C27H30N6OS/c1-4-31(5-2)15-16-32-23-14-10-9-13-22(23)28-27(32)29-25(34)24-17-21-19(3)30-33(26(21)35-24)18-20-11-7-6-8-12-20/h6-14,17H,4-5,15-16,18H2,1-3H3,(H,28,29,34). The van der Waals surface area contributed by atoms with E-state index in [1.807, 2.05) is 54.1 Å². The summed E-state index contributed by atoms with van der Waals surface area (Å²) in [6.07, 6.45) is 0. The molecule has 0 radical (unpaired) electrons. The topological polar surface area (TPSA) is 68.0 Å². The Hall–Kier alpha value is -3.49. The van der Waals surface area contributed by atoms with Gasteiger partial charge in [-0.3, -0.25) is 14.8 Å². The minimum Gasteiger partial charge on any atom is -0.309 e. The number of benzene rings is 2. The maximum Gasteiger partial charge on any atom is 0.268 e. The first kappa shape index (κ1) is 23.3. The van der Waals surface area contributed by atoms with Gasteiger partial charge in [0.25, 0.3) is 5.91 Å². The van der Waals surface area contributed by atoms with E-state index >= 15 is 0 Å². The third-order valence-corrected chi connectivity index (χ3v) is 7.57. The second-order valence-corrected chi connectivity index (χ2v) is 9.65. The summed E-state index contributed by atoms with van der Waals surface area (Å²) in [6.45, 7) is 10.6. The highest BCUT2D eigenvalue weighted by Crippen LogP contribution is 2.30. The number of anilines is 1. The van der Waals surface area contributed by atoms with Crippen LogP contribution in [0.25, 0.3) is 21.3 Å². The molecular formula is C27H30N6OS. The van der Waals surface area contributed by atoms with Gasteiger partial charge in [-0.2, -0.15) is 5.10 Å². The lowest BCUT2D eigenvalue weighted by atomic mass is 10.2. The number of carbonyl (C=O) groups excluding carboxylic acids is 1. The van der Waals surface area contributed by atoms with Crippen molar-refractivity contribution in [3.05, 3.63) is 76.8 Å². The van der Waals surface area contributed by atoms with E-state index in [1.54, 1.807) is 0 Å². The zero-order valence-corrected chi connectivity index (χ0v) is 21.2. The van der Waals surface area contributed by atoms with Crippen LogP contribution in [-0.2, 0) is 13.1 Å². The van der Waals surface area contributed by atoms with Crippen LogP contribution in [0, 0.1) is 6.92 Å². The van der Waals surface area contributed by atoms with Crippen molar-refractivity contribution in [3.63, 3.8) is 0 Å². The third kappa shape index (κ3) is 4.72.